The van der Waals surface area contributed by atoms with Crippen LogP contribution in [0.2, 0.25) is 0 Å². The van der Waals surface area contributed by atoms with E-state index in [1.165, 1.54) is 0 Å². The number of hydrogen-bond acceptors (Lipinski definition) is 4. The smallest absolute Gasteiger partial charge is 0.339 e. The first-order chi connectivity index (χ1) is 14.2. The third-order valence-electron chi connectivity index (χ3n) is 4.74. The summed E-state index contributed by atoms with van der Waals surface area (Å²) in [5.74, 6) is 0.366. The largest absolute Gasteiger partial charge is 0.468 e. The maximum absolute atomic E-state index is 13.0. The average Bonchev–Trinajstić information content (AvgIpc) is 2.76. The zero-order valence-electron chi connectivity index (χ0n) is 17.1. The Bertz CT molecular complexity index is 998. The molecule has 0 saturated carbocycles. The number of esters is 1. The standard InChI is InChI=1S/C25H26O4/c1-4-21(23-12-8-10-18-9-6-7-11-22(18)23)24(25(26)28-5-2)19-13-15-20(16-14-19)29-17-27-3/h6-16H,4-5,17H2,1-3H3. The summed E-state index contributed by atoms with van der Waals surface area (Å²) in [5, 5.41) is 2.26. The summed E-state index contributed by atoms with van der Waals surface area (Å²) in [6.45, 7) is 4.38. The van der Waals surface area contributed by atoms with Crippen molar-refractivity contribution in [2.75, 3.05) is 20.5 Å². The summed E-state index contributed by atoms with van der Waals surface area (Å²) >= 11 is 0. The lowest BCUT2D eigenvalue weighted by Gasteiger charge is -2.16. The van der Waals surface area contributed by atoms with Gasteiger partial charge in [-0.2, -0.15) is 0 Å². The Balaban J connectivity index is 2.17. The number of benzene rings is 3. The highest BCUT2D eigenvalue weighted by Gasteiger charge is 2.20. The first kappa shape index (κ1) is 20.6. The molecule has 0 atom stereocenters. The summed E-state index contributed by atoms with van der Waals surface area (Å²) in [4.78, 5) is 13.0. The van der Waals surface area contributed by atoms with Gasteiger partial charge in [-0.15, -0.1) is 0 Å². The number of rotatable bonds is 8. The van der Waals surface area contributed by atoms with E-state index in [2.05, 4.69) is 31.2 Å². The quantitative estimate of drug-likeness (QED) is 0.214. The topological polar surface area (TPSA) is 44.8 Å². The van der Waals surface area contributed by atoms with Crippen LogP contribution in [0.25, 0.3) is 21.9 Å². The Morgan fingerprint density at radius 2 is 1.62 bits per heavy atom. The molecule has 0 fully saturated rings. The lowest BCUT2D eigenvalue weighted by Crippen LogP contribution is -2.09. The molecule has 3 aromatic carbocycles. The van der Waals surface area contributed by atoms with Crippen molar-refractivity contribution in [1.82, 2.24) is 0 Å². The monoisotopic (exact) mass is 390 g/mol. The molecule has 150 valence electrons. The second kappa shape index (κ2) is 9.89. The molecule has 3 rings (SSSR count). The molecule has 0 amide bonds. The molecular formula is C25H26O4. The summed E-state index contributed by atoms with van der Waals surface area (Å²) < 4.78 is 15.8. The molecule has 29 heavy (non-hydrogen) atoms. The van der Waals surface area contributed by atoms with Crippen LogP contribution in [0.15, 0.2) is 66.7 Å². The Hall–Kier alpha value is -3.11. The van der Waals surface area contributed by atoms with Gasteiger partial charge >= 0.3 is 5.97 Å². The molecule has 0 N–H and O–H groups in total. The van der Waals surface area contributed by atoms with E-state index < -0.39 is 0 Å². The normalized spacial score (nSPS) is 11.8. The molecule has 0 bridgehead atoms. The number of ether oxygens (including phenoxy) is 3. The van der Waals surface area contributed by atoms with E-state index >= 15 is 0 Å². The zero-order chi connectivity index (χ0) is 20.6. The van der Waals surface area contributed by atoms with E-state index in [9.17, 15) is 4.79 Å². The first-order valence-electron chi connectivity index (χ1n) is 9.80. The van der Waals surface area contributed by atoms with E-state index in [0.29, 0.717) is 24.4 Å². The van der Waals surface area contributed by atoms with Crippen LogP contribution in [-0.4, -0.2) is 26.5 Å². The van der Waals surface area contributed by atoms with Crippen molar-refractivity contribution < 1.29 is 19.0 Å². The fourth-order valence-electron chi connectivity index (χ4n) is 3.45. The summed E-state index contributed by atoms with van der Waals surface area (Å²) in [6.07, 6.45) is 0.698. The number of hydrogen-bond donors (Lipinski definition) is 0. The van der Waals surface area contributed by atoms with Gasteiger partial charge in [-0.25, -0.2) is 4.79 Å². The summed E-state index contributed by atoms with van der Waals surface area (Å²) in [6, 6.07) is 21.8. The van der Waals surface area contributed by atoms with Gasteiger partial charge < -0.3 is 14.2 Å². The molecule has 0 unspecified atom stereocenters. The first-order valence-corrected chi connectivity index (χ1v) is 9.80. The Morgan fingerprint density at radius 3 is 2.31 bits per heavy atom. The van der Waals surface area contributed by atoms with Gasteiger partial charge in [0.2, 0.25) is 0 Å². The number of carbonyl (C=O) groups is 1. The lowest BCUT2D eigenvalue weighted by molar-refractivity contribution is -0.136. The van der Waals surface area contributed by atoms with Gasteiger partial charge in [-0.3, -0.25) is 0 Å². The van der Waals surface area contributed by atoms with Crippen molar-refractivity contribution in [3.05, 3.63) is 77.9 Å². The van der Waals surface area contributed by atoms with Crippen molar-refractivity contribution in [3.8, 4) is 5.75 Å². The van der Waals surface area contributed by atoms with Gasteiger partial charge in [0.25, 0.3) is 0 Å². The third kappa shape index (κ3) is 4.66. The maximum Gasteiger partial charge on any atom is 0.339 e. The van der Waals surface area contributed by atoms with Crippen LogP contribution in [0.1, 0.15) is 31.4 Å². The third-order valence-corrected chi connectivity index (χ3v) is 4.74. The van der Waals surface area contributed by atoms with E-state index in [1.807, 2.05) is 49.4 Å². The Morgan fingerprint density at radius 1 is 0.897 bits per heavy atom. The van der Waals surface area contributed by atoms with E-state index in [0.717, 1.165) is 27.5 Å². The molecule has 0 spiro atoms. The van der Waals surface area contributed by atoms with E-state index in [4.69, 9.17) is 14.2 Å². The molecule has 0 heterocycles. The van der Waals surface area contributed by atoms with Crippen LogP contribution in [0.5, 0.6) is 5.75 Å². The fraction of sp³-hybridized carbons (Fsp3) is 0.240. The maximum atomic E-state index is 13.0. The Kier molecular flexibility index (Phi) is 7.04. The molecule has 4 nitrogen and oxygen atoms in total. The Labute approximate surface area is 171 Å². The molecule has 0 aliphatic rings. The van der Waals surface area contributed by atoms with Gasteiger partial charge in [0.15, 0.2) is 6.79 Å². The second-order valence-corrected chi connectivity index (χ2v) is 6.53. The van der Waals surface area contributed by atoms with Gasteiger partial charge in [0.1, 0.15) is 5.75 Å². The number of methoxy groups -OCH3 is 1. The minimum Gasteiger partial charge on any atom is -0.468 e. The molecule has 0 radical (unpaired) electrons. The van der Waals surface area contributed by atoms with E-state index in [1.54, 1.807) is 7.11 Å². The molecule has 4 heteroatoms. The molecule has 0 saturated heterocycles. The van der Waals surface area contributed by atoms with Gasteiger partial charge in [0.05, 0.1) is 12.2 Å². The van der Waals surface area contributed by atoms with Crippen LogP contribution >= 0.6 is 0 Å². The fourth-order valence-corrected chi connectivity index (χ4v) is 3.45. The van der Waals surface area contributed by atoms with Crippen LogP contribution < -0.4 is 4.74 Å². The van der Waals surface area contributed by atoms with Crippen molar-refractivity contribution in [2.24, 2.45) is 0 Å². The van der Waals surface area contributed by atoms with Crippen LogP contribution in [0.4, 0.5) is 0 Å². The average molecular weight is 390 g/mol. The van der Waals surface area contributed by atoms with Crippen LogP contribution in [0.3, 0.4) is 0 Å². The second-order valence-electron chi connectivity index (χ2n) is 6.53. The molecule has 0 aliphatic heterocycles. The van der Waals surface area contributed by atoms with Crippen molar-refractivity contribution in [2.45, 2.75) is 20.3 Å². The predicted molar refractivity (Wildman–Crippen MR) is 117 cm³/mol. The van der Waals surface area contributed by atoms with Gasteiger partial charge in [-0.05, 0) is 52.9 Å². The van der Waals surface area contributed by atoms with Crippen molar-refractivity contribution in [3.63, 3.8) is 0 Å². The lowest BCUT2D eigenvalue weighted by atomic mass is 9.90. The minimum absolute atomic E-state index is 0.177. The minimum atomic E-state index is -0.317. The van der Waals surface area contributed by atoms with Crippen molar-refractivity contribution in [1.29, 1.82) is 0 Å². The number of allylic oxidation sites excluding steroid dienone is 1. The van der Waals surface area contributed by atoms with Crippen molar-refractivity contribution >= 4 is 27.9 Å². The SMILES string of the molecule is CCOC(=O)C(=C(CC)c1cccc2ccccc12)c1ccc(OCOC)cc1. The highest BCUT2D eigenvalue weighted by atomic mass is 16.7. The van der Waals surface area contributed by atoms with Crippen LogP contribution in [-0.2, 0) is 14.3 Å². The molecule has 0 aromatic heterocycles. The van der Waals surface area contributed by atoms with Crippen LogP contribution in [0, 0.1) is 0 Å². The van der Waals surface area contributed by atoms with Gasteiger partial charge in [-0.1, -0.05) is 61.5 Å². The summed E-state index contributed by atoms with van der Waals surface area (Å²) in [7, 11) is 1.58. The van der Waals surface area contributed by atoms with Gasteiger partial charge in [0, 0.05) is 7.11 Å². The predicted octanol–water partition coefficient (Wildman–Crippen LogP) is 5.71. The molecule has 3 aromatic rings. The highest BCUT2D eigenvalue weighted by Crippen LogP contribution is 2.34. The molecular weight excluding hydrogens is 364 g/mol. The van der Waals surface area contributed by atoms with E-state index in [-0.39, 0.29) is 12.8 Å². The number of carbonyl (C=O) groups excluding carboxylic acids is 1. The summed E-state index contributed by atoms with van der Waals surface area (Å²) in [5.41, 5.74) is 3.40. The highest BCUT2D eigenvalue weighted by molar-refractivity contribution is 6.25. The molecule has 0 aliphatic carbocycles. The number of fused-ring (bicyclic) bond motifs is 1. The zero-order valence-corrected chi connectivity index (χ0v) is 17.1.